The van der Waals surface area contributed by atoms with Gasteiger partial charge in [-0.15, -0.1) is 0 Å². The summed E-state index contributed by atoms with van der Waals surface area (Å²) in [4.78, 5) is 11.9. The maximum Gasteiger partial charge on any atom is 0.252 e. The van der Waals surface area contributed by atoms with Gasteiger partial charge in [0.1, 0.15) is 0 Å². The van der Waals surface area contributed by atoms with Crippen LogP contribution in [0.1, 0.15) is 30.1 Å². The van der Waals surface area contributed by atoms with Crippen LogP contribution in [-0.2, 0) is 0 Å². The Bertz CT molecular complexity index is 398. The number of benzene rings is 1. The Balaban J connectivity index is 2.55. The van der Waals surface area contributed by atoms with Gasteiger partial charge in [0, 0.05) is 14.6 Å². The molecule has 1 rings (SSSR count). The van der Waals surface area contributed by atoms with E-state index in [0.29, 0.717) is 24.9 Å². The summed E-state index contributed by atoms with van der Waals surface area (Å²) in [6.45, 7) is 2.42. The Morgan fingerprint density at radius 2 is 2.29 bits per heavy atom. The highest BCUT2D eigenvalue weighted by Crippen LogP contribution is 2.18. The third kappa shape index (κ3) is 4.93. The Labute approximate surface area is 123 Å². The molecule has 1 amide bonds. The van der Waals surface area contributed by atoms with E-state index in [1.54, 1.807) is 6.07 Å². The van der Waals surface area contributed by atoms with Crippen molar-refractivity contribution < 1.29 is 9.90 Å². The molecule has 0 aromatic heterocycles. The standard InChI is InChI=1S/C12H15BrINO2/c1-2-9(16)5-6-15-12(17)10-7-8(13)3-4-11(10)14/h3-4,7,9,16H,2,5-6H2,1H3,(H,15,17). The zero-order chi connectivity index (χ0) is 12.8. The summed E-state index contributed by atoms with van der Waals surface area (Å²) < 4.78 is 1.80. The lowest BCUT2D eigenvalue weighted by Gasteiger charge is -2.10. The molecule has 0 bridgehead atoms. The van der Waals surface area contributed by atoms with Crippen LogP contribution in [0.4, 0.5) is 0 Å². The molecule has 0 aliphatic heterocycles. The van der Waals surface area contributed by atoms with Gasteiger partial charge in [-0.25, -0.2) is 0 Å². The molecular weight excluding hydrogens is 397 g/mol. The van der Waals surface area contributed by atoms with Gasteiger partial charge >= 0.3 is 0 Å². The predicted octanol–water partition coefficient (Wildman–Crippen LogP) is 2.94. The fourth-order valence-electron chi connectivity index (χ4n) is 1.32. The van der Waals surface area contributed by atoms with E-state index in [2.05, 4.69) is 43.8 Å². The first kappa shape index (κ1) is 14.9. The summed E-state index contributed by atoms with van der Waals surface area (Å²) in [7, 11) is 0. The van der Waals surface area contributed by atoms with E-state index < -0.39 is 0 Å². The maximum absolute atomic E-state index is 11.9. The molecule has 0 aliphatic carbocycles. The molecule has 0 radical (unpaired) electrons. The van der Waals surface area contributed by atoms with Crippen LogP contribution in [0.2, 0.25) is 0 Å². The number of rotatable bonds is 5. The van der Waals surface area contributed by atoms with Crippen LogP contribution in [-0.4, -0.2) is 23.7 Å². The molecule has 94 valence electrons. The highest BCUT2D eigenvalue weighted by molar-refractivity contribution is 14.1. The molecular formula is C12H15BrINO2. The minimum absolute atomic E-state index is 0.0981. The fraction of sp³-hybridized carbons (Fsp3) is 0.417. The number of hydrogen-bond donors (Lipinski definition) is 2. The van der Waals surface area contributed by atoms with Gasteiger partial charge in [-0.3, -0.25) is 4.79 Å². The monoisotopic (exact) mass is 411 g/mol. The number of halogens is 2. The first-order valence-electron chi connectivity index (χ1n) is 5.46. The molecule has 2 N–H and O–H groups in total. The van der Waals surface area contributed by atoms with Gasteiger partial charge < -0.3 is 10.4 Å². The van der Waals surface area contributed by atoms with Crippen molar-refractivity contribution in [3.05, 3.63) is 31.8 Å². The van der Waals surface area contributed by atoms with E-state index in [1.807, 2.05) is 19.1 Å². The van der Waals surface area contributed by atoms with E-state index in [4.69, 9.17) is 0 Å². The lowest BCUT2D eigenvalue weighted by atomic mass is 10.2. The molecule has 0 spiro atoms. The van der Waals surface area contributed by atoms with E-state index in [1.165, 1.54) is 0 Å². The number of hydrogen-bond acceptors (Lipinski definition) is 2. The second kappa shape index (κ2) is 7.33. The SMILES string of the molecule is CCC(O)CCNC(=O)c1cc(Br)ccc1I. The van der Waals surface area contributed by atoms with Crippen LogP contribution >= 0.6 is 38.5 Å². The number of carbonyl (C=O) groups is 1. The first-order valence-corrected chi connectivity index (χ1v) is 7.33. The highest BCUT2D eigenvalue weighted by Gasteiger charge is 2.10. The van der Waals surface area contributed by atoms with Crippen LogP contribution in [0.3, 0.4) is 0 Å². The Morgan fingerprint density at radius 1 is 1.59 bits per heavy atom. The van der Waals surface area contributed by atoms with Crippen LogP contribution < -0.4 is 5.32 Å². The van der Waals surface area contributed by atoms with Gasteiger partial charge in [-0.1, -0.05) is 22.9 Å². The van der Waals surface area contributed by atoms with E-state index in [-0.39, 0.29) is 12.0 Å². The number of nitrogens with one attached hydrogen (secondary N) is 1. The quantitative estimate of drug-likeness (QED) is 0.732. The largest absolute Gasteiger partial charge is 0.393 e. The maximum atomic E-state index is 11.9. The Kier molecular flexibility index (Phi) is 6.43. The van der Waals surface area contributed by atoms with Gasteiger partial charge in [0.05, 0.1) is 11.7 Å². The minimum atomic E-state index is -0.336. The molecule has 0 fully saturated rings. The van der Waals surface area contributed by atoms with E-state index >= 15 is 0 Å². The van der Waals surface area contributed by atoms with Crippen molar-refractivity contribution in [1.29, 1.82) is 0 Å². The van der Waals surface area contributed by atoms with Crippen molar-refractivity contribution in [3.8, 4) is 0 Å². The summed E-state index contributed by atoms with van der Waals surface area (Å²) in [5, 5.41) is 12.2. The average molecular weight is 412 g/mol. The second-order valence-electron chi connectivity index (χ2n) is 3.73. The predicted molar refractivity (Wildman–Crippen MR) is 80.1 cm³/mol. The summed E-state index contributed by atoms with van der Waals surface area (Å²) in [5.74, 6) is -0.0981. The minimum Gasteiger partial charge on any atom is -0.393 e. The fourth-order valence-corrected chi connectivity index (χ4v) is 2.26. The van der Waals surface area contributed by atoms with E-state index in [9.17, 15) is 9.90 Å². The number of carbonyl (C=O) groups excluding carboxylic acids is 1. The third-order valence-electron chi connectivity index (χ3n) is 2.41. The second-order valence-corrected chi connectivity index (χ2v) is 5.81. The van der Waals surface area contributed by atoms with E-state index in [0.717, 1.165) is 8.04 Å². The smallest absolute Gasteiger partial charge is 0.252 e. The highest BCUT2D eigenvalue weighted by atomic mass is 127. The molecule has 3 nitrogen and oxygen atoms in total. The molecule has 0 aliphatic rings. The normalized spacial score (nSPS) is 12.2. The van der Waals surface area contributed by atoms with Gasteiger partial charge in [0.25, 0.3) is 5.91 Å². The Hall–Kier alpha value is -0.140. The topological polar surface area (TPSA) is 49.3 Å². The summed E-state index contributed by atoms with van der Waals surface area (Å²) >= 11 is 5.48. The van der Waals surface area contributed by atoms with Crippen molar-refractivity contribution >= 4 is 44.4 Å². The third-order valence-corrected chi connectivity index (χ3v) is 3.84. The van der Waals surface area contributed by atoms with Crippen LogP contribution in [0, 0.1) is 3.57 Å². The van der Waals surface area contributed by atoms with Crippen LogP contribution in [0.25, 0.3) is 0 Å². The molecule has 1 unspecified atom stereocenters. The zero-order valence-corrected chi connectivity index (χ0v) is 13.3. The van der Waals surface area contributed by atoms with Crippen LogP contribution in [0.5, 0.6) is 0 Å². The van der Waals surface area contributed by atoms with Crippen molar-refractivity contribution in [1.82, 2.24) is 5.32 Å². The Morgan fingerprint density at radius 3 is 2.94 bits per heavy atom. The molecule has 5 heteroatoms. The first-order chi connectivity index (χ1) is 8.04. The van der Waals surface area contributed by atoms with Gasteiger partial charge in [0.15, 0.2) is 0 Å². The zero-order valence-electron chi connectivity index (χ0n) is 9.54. The van der Waals surface area contributed by atoms with Crippen molar-refractivity contribution in [2.24, 2.45) is 0 Å². The van der Waals surface area contributed by atoms with Crippen molar-refractivity contribution in [3.63, 3.8) is 0 Å². The lowest BCUT2D eigenvalue weighted by molar-refractivity contribution is 0.0941. The lowest BCUT2D eigenvalue weighted by Crippen LogP contribution is -2.27. The number of aliphatic hydroxyl groups is 1. The summed E-state index contributed by atoms with van der Waals surface area (Å²) in [6.07, 6.45) is 0.966. The van der Waals surface area contributed by atoms with Crippen molar-refractivity contribution in [2.75, 3.05) is 6.54 Å². The van der Waals surface area contributed by atoms with Gasteiger partial charge in [-0.05, 0) is 53.6 Å². The number of amides is 1. The summed E-state index contributed by atoms with van der Waals surface area (Å²) in [5.41, 5.74) is 0.658. The number of aliphatic hydroxyl groups excluding tert-OH is 1. The molecule has 0 saturated heterocycles. The van der Waals surface area contributed by atoms with Gasteiger partial charge in [-0.2, -0.15) is 0 Å². The average Bonchev–Trinajstić information content (AvgIpc) is 2.31. The molecule has 1 aromatic carbocycles. The molecule has 0 saturated carbocycles. The van der Waals surface area contributed by atoms with Gasteiger partial charge in [0.2, 0.25) is 0 Å². The molecule has 17 heavy (non-hydrogen) atoms. The molecule has 1 aromatic rings. The molecule has 0 heterocycles. The van der Waals surface area contributed by atoms with Crippen molar-refractivity contribution in [2.45, 2.75) is 25.9 Å². The summed E-state index contributed by atoms with van der Waals surface area (Å²) in [6, 6.07) is 5.59. The molecule has 1 atom stereocenters. The van der Waals surface area contributed by atoms with Crippen LogP contribution in [0.15, 0.2) is 22.7 Å².